The van der Waals surface area contributed by atoms with Crippen LogP contribution in [-0.4, -0.2) is 50.0 Å². The van der Waals surface area contributed by atoms with Crippen LogP contribution >= 0.6 is 27.5 Å². The Labute approximate surface area is 238 Å². The van der Waals surface area contributed by atoms with Crippen molar-refractivity contribution >= 4 is 55.1 Å². The van der Waals surface area contributed by atoms with Crippen LogP contribution in [-0.2, 0) is 32.6 Å². The summed E-state index contributed by atoms with van der Waals surface area (Å²) in [5.74, 6) is -0.820. The van der Waals surface area contributed by atoms with Crippen molar-refractivity contribution in [3.8, 4) is 0 Å². The molecule has 0 aromatic heterocycles. The van der Waals surface area contributed by atoms with Crippen molar-refractivity contribution < 1.29 is 18.0 Å². The molecular weight excluding hydrogens is 590 g/mol. The fourth-order valence-electron chi connectivity index (χ4n) is 3.94. The lowest BCUT2D eigenvalue weighted by atomic mass is 10.0. The third kappa shape index (κ3) is 8.58. The molecule has 202 valence electrons. The Hall–Kier alpha value is -2.88. The van der Waals surface area contributed by atoms with Crippen molar-refractivity contribution in [2.75, 3.05) is 17.1 Å². The summed E-state index contributed by atoms with van der Waals surface area (Å²) in [5.41, 5.74) is 1.98. The number of benzene rings is 3. The van der Waals surface area contributed by atoms with Crippen molar-refractivity contribution in [3.05, 3.63) is 99.5 Å². The van der Waals surface area contributed by atoms with E-state index in [4.69, 9.17) is 11.6 Å². The second kappa shape index (κ2) is 13.3. The number of nitrogens with one attached hydrogen (secondary N) is 1. The first-order valence-corrected chi connectivity index (χ1v) is 15.1. The van der Waals surface area contributed by atoms with Crippen molar-refractivity contribution in [1.82, 2.24) is 10.2 Å². The number of anilines is 1. The van der Waals surface area contributed by atoms with Crippen LogP contribution in [0.4, 0.5) is 5.69 Å². The van der Waals surface area contributed by atoms with Crippen LogP contribution in [0.25, 0.3) is 0 Å². The normalized spacial score (nSPS) is 12.2. The van der Waals surface area contributed by atoms with Crippen LogP contribution in [0.1, 0.15) is 25.0 Å². The van der Waals surface area contributed by atoms with Crippen molar-refractivity contribution in [2.45, 2.75) is 38.9 Å². The molecule has 0 aliphatic carbocycles. The quantitative estimate of drug-likeness (QED) is 0.326. The van der Waals surface area contributed by atoms with Gasteiger partial charge in [-0.05, 0) is 61.4 Å². The third-order valence-corrected chi connectivity index (χ3v) is 7.68. The summed E-state index contributed by atoms with van der Waals surface area (Å²) in [6.45, 7) is 3.35. The highest BCUT2D eigenvalue weighted by molar-refractivity contribution is 9.10. The summed E-state index contributed by atoms with van der Waals surface area (Å²) < 4.78 is 27.4. The molecule has 0 spiro atoms. The van der Waals surface area contributed by atoms with Gasteiger partial charge in [0.15, 0.2) is 0 Å². The van der Waals surface area contributed by atoms with Gasteiger partial charge in [-0.1, -0.05) is 70.0 Å². The average Bonchev–Trinajstić information content (AvgIpc) is 2.86. The minimum atomic E-state index is -3.83. The van der Waals surface area contributed by atoms with E-state index in [2.05, 4.69) is 21.2 Å². The van der Waals surface area contributed by atoms with Crippen molar-refractivity contribution in [2.24, 2.45) is 0 Å². The number of sulfonamides is 1. The van der Waals surface area contributed by atoms with Gasteiger partial charge in [0.2, 0.25) is 21.8 Å². The molecule has 38 heavy (non-hydrogen) atoms. The maximum atomic E-state index is 13.9. The molecule has 0 unspecified atom stereocenters. The van der Waals surface area contributed by atoms with E-state index in [0.29, 0.717) is 10.7 Å². The zero-order valence-electron chi connectivity index (χ0n) is 21.5. The van der Waals surface area contributed by atoms with Gasteiger partial charge in [0, 0.05) is 28.5 Å². The predicted octanol–water partition coefficient (Wildman–Crippen LogP) is 5.03. The second-order valence-electron chi connectivity index (χ2n) is 9.26. The Balaban J connectivity index is 2.04. The summed E-state index contributed by atoms with van der Waals surface area (Å²) in [6.07, 6.45) is 1.31. The van der Waals surface area contributed by atoms with Crippen LogP contribution in [0, 0.1) is 0 Å². The first kappa shape index (κ1) is 29.7. The Morgan fingerprint density at radius 3 is 2.08 bits per heavy atom. The van der Waals surface area contributed by atoms with Gasteiger partial charge in [0.05, 0.1) is 11.9 Å². The number of rotatable bonds is 11. The number of amides is 2. The summed E-state index contributed by atoms with van der Waals surface area (Å²) in [5, 5.41) is 3.37. The first-order valence-electron chi connectivity index (χ1n) is 12.1. The largest absolute Gasteiger partial charge is 0.352 e. The van der Waals surface area contributed by atoms with Gasteiger partial charge >= 0.3 is 0 Å². The summed E-state index contributed by atoms with van der Waals surface area (Å²) in [4.78, 5) is 28.9. The van der Waals surface area contributed by atoms with E-state index >= 15 is 0 Å². The molecule has 0 bridgehead atoms. The smallest absolute Gasteiger partial charge is 0.244 e. The van der Waals surface area contributed by atoms with Crippen molar-refractivity contribution in [3.63, 3.8) is 0 Å². The Kier molecular flexibility index (Phi) is 10.4. The van der Waals surface area contributed by atoms with E-state index in [9.17, 15) is 18.0 Å². The van der Waals surface area contributed by atoms with E-state index in [1.165, 1.54) is 4.90 Å². The molecule has 3 aromatic carbocycles. The lowest BCUT2D eigenvalue weighted by Crippen LogP contribution is -2.54. The third-order valence-electron chi connectivity index (χ3n) is 5.76. The zero-order valence-corrected chi connectivity index (χ0v) is 24.6. The zero-order chi connectivity index (χ0) is 27.9. The Morgan fingerprint density at radius 1 is 0.921 bits per heavy atom. The molecule has 1 atom stereocenters. The van der Waals surface area contributed by atoms with Crippen molar-refractivity contribution in [1.29, 1.82) is 0 Å². The van der Waals surface area contributed by atoms with Gasteiger partial charge < -0.3 is 10.2 Å². The molecule has 0 radical (unpaired) electrons. The second-order valence-corrected chi connectivity index (χ2v) is 12.5. The molecule has 0 aliphatic heterocycles. The highest BCUT2D eigenvalue weighted by Crippen LogP contribution is 2.22. The number of hydrogen-bond donors (Lipinski definition) is 1. The number of hydrogen-bond acceptors (Lipinski definition) is 4. The predicted molar refractivity (Wildman–Crippen MR) is 156 cm³/mol. The lowest BCUT2D eigenvalue weighted by Gasteiger charge is -2.34. The van der Waals surface area contributed by atoms with Gasteiger partial charge in [0.25, 0.3) is 0 Å². The SMILES string of the molecule is CC(C)NC(=O)[C@@H](Cc1ccccc1)N(Cc1ccc(Br)cc1)C(=O)CN(c1ccc(Cl)cc1)S(C)(=O)=O. The standard InChI is InChI=1S/C28H31BrClN3O4S/c1-20(2)31-28(35)26(17-21-7-5-4-6-8-21)32(18-22-9-11-23(29)12-10-22)27(34)19-33(38(3,36)37)25-15-13-24(30)14-16-25/h4-16,20,26H,17-19H2,1-3H3,(H,31,35)/t26-/m1/s1. The van der Waals surface area contributed by atoms with Crippen LogP contribution < -0.4 is 9.62 Å². The van der Waals surface area contributed by atoms with E-state index in [0.717, 1.165) is 26.2 Å². The molecule has 7 nitrogen and oxygen atoms in total. The molecular formula is C28H31BrClN3O4S. The average molecular weight is 621 g/mol. The number of halogens is 2. The van der Waals surface area contributed by atoms with E-state index in [1.54, 1.807) is 24.3 Å². The minimum Gasteiger partial charge on any atom is -0.352 e. The molecule has 0 aliphatic rings. The fraction of sp³-hybridized carbons (Fsp3) is 0.286. The summed E-state index contributed by atoms with van der Waals surface area (Å²) in [6, 6.07) is 22.1. The summed E-state index contributed by atoms with van der Waals surface area (Å²) in [7, 11) is -3.83. The topological polar surface area (TPSA) is 86.8 Å². The monoisotopic (exact) mass is 619 g/mol. The molecule has 0 heterocycles. The van der Waals surface area contributed by atoms with Crippen LogP contribution in [0.5, 0.6) is 0 Å². The molecule has 3 aromatic rings. The van der Waals surface area contributed by atoms with E-state index in [-0.39, 0.29) is 24.9 Å². The molecule has 0 saturated carbocycles. The van der Waals surface area contributed by atoms with Gasteiger partial charge in [-0.2, -0.15) is 0 Å². The van der Waals surface area contributed by atoms with Gasteiger partial charge in [-0.15, -0.1) is 0 Å². The number of carbonyl (C=O) groups is 2. The fourth-order valence-corrected chi connectivity index (χ4v) is 5.18. The number of carbonyl (C=O) groups excluding carboxylic acids is 2. The maximum absolute atomic E-state index is 13.9. The Morgan fingerprint density at radius 2 is 1.53 bits per heavy atom. The maximum Gasteiger partial charge on any atom is 0.244 e. The van der Waals surface area contributed by atoms with Crippen LogP contribution in [0.15, 0.2) is 83.3 Å². The molecule has 2 amide bonds. The molecule has 1 N–H and O–H groups in total. The number of nitrogens with zero attached hydrogens (tertiary/aromatic N) is 2. The lowest BCUT2D eigenvalue weighted by molar-refractivity contribution is -0.140. The van der Waals surface area contributed by atoms with E-state index < -0.39 is 28.5 Å². The van der Waals surface area contributed by atoms with Crippen LogP contribution in [0.3, 0.4) is 0 Å². The Bertz CT molecular complexity index is 1330. The molecule has 10 heteroatoms. The van der Waals surface area contributed by atoms with Gasteiger partial charge in [-0.3, -0.25) is 13.9 Å². The highest BCUT2D eigenvalue weighted by Gasteiger charge is 2.33. The highest BCUT2D eigenvalue weighted by atomic mass is 79.9. The van der Waals surface area contributed by atoms with Crippen LogP contribution in [0.2, 0.25) is 5.02 Å². The molecule has 0 fully saturated rings. The molecule has 3 rings (SSSR count). The van der Waals surface area contributed by atoms with Gasteiger partial charge in [0.1, 0.15) is 12.6 Å². The van der Waals surface area contributed by atoms with Gasteiger partial charge in [-0.25, -0.2) is 8.42 Å². The van der Waals surface area contributed by atoms with E-state index in [1.807, 2.05) is 68.4 Å². The molecule has 0 saturated heterocycles. The first-order chi connectivity index (χ1) is 17.9. The minimum absolute atomic E-state index is 0.118. The summed E-state index contributed by atoms with van der Waals surface area (Å²) >= 11 is 9.41.